The predicted octanol–water partition coefficient (Wildman–Crippen LogP) is 3.19. The average molecular weight is 258 g/mol. The molecular formula is C16H22N2O. The quantitative estimate of drug-likeness (QED) is 0.835. The van der Waals surface area contributed by atoms with Crippen LogP contribution in [-0.2, 0) is 6.54 Å². The van der Waals surface area contributed by atoms with Crippen molar-refractivity contribution in [3.8, 4) is 11.8 Å². The molecule has 0 aromatic heterocycles. The number of hydrogen-bond acceptors (Lipinski definition) is 3. The first-order chi connectivity index (χ1) is 9.13. The first-order valence-electron chi connectivity index (χ1n) is 6.95. The molecule has 1 fully saturated rings. The fraction of sp³-hybridized carbons (Fsp3) is 0.562. The highest BCUT2D eigenvalue weighted by Gasteiger charge is 2.22. The Balaban J connectivity index is 2.09. The largest absolute Gasteiger partial charge is 0.495 e. The van der Waals surface area contributed by atoms with Crippen molar-refractivity contribution in [2.45, 2.75) is 39.3 Å². The fourth-order valence-electron chi connectivity index (χ4n) is 2.85. The van der Waals surface area contributed by atoms with E-state index >= 15 is 0 Å². The second kappa shape index (κ2) is 6.08. The summed E-state index contributed by atoms with van der Waals surface area (Å²) in [5, 5.41) is 8.99. The van der Waals surface area contributed by atoms with E-state index in [0.29, 0.717) is 17.4 Å². The normalized spacial score (nSPS) is 23.9. The molecule has 1 aliphatic heterocycles. The van der Waals surface area contributed by atoms with E-state index in [1.165, 1.54) is 18.4 Å². The Bertz CT molecular complexity index is 478. The Morgan fingerprint density at radius 2 is 2.21 bits per heavy atom. The van der Waals surface area contributed by atoms with Gasteiger partial charge in [-0.25, -0.2) is 0 Å². The molecule has 0 radical (unpaired) electrons. The number of nitriles is 1. The third kappa shape index (κ3) is 3.27. The smallest absolute Gasteiger partial charge is 0.136 e. The lowest BCUT2D eigenvalue weighted by Gasteiger charge is -2.36. The van der Waals surface area contributed by atoms with E-state index in [2.05, 4.69) is 24.8 Å². The van der Waals surface area contributed by atoms with Gasteiger partial charge in [0.15, 0.2) is 0 Å². The van der Waals surface area contributed by atoms with E-state index in [4.69, 9.17) is 10.00 Å². The van der Waals surface area contributed by atoms with Crippen molar-refractivity contribution in [3.63, 3.8) is 0 Å². The van der Waals surface area contributed by atoms with Crippen molar-refractivity contribution in [2.75, 3.05) is 13.7 Å². The highest BCUT2D eigenvalue weighted by atomic mass is 16.5. The number of methoxy groups -OCH3 is 1. The summed E-state index contributed by atoms with van der Waals surface area (Å²) >= 11 is 0. The van der Waals surface area contributed by atoms with Gasteiger partial charge in [0, 0.05) is 12.6 Å². The number of ether oxygens (including phenoxy) is 1. The highest BCUT2D eigenvalue weighted by molar-refractivity contribution is 5.45. The molecule has 0 amide bonds. The van der Waals surface area contributed by atoms with Gasteiger partial charge in [-0.15, -0.1) is 0 Å². The molecule has 1 saturated heterocycles. The van der Waals surface area contributed by atoms with E-state index in [1.54, 1.807) is 7.11 Å². The summed E-state index contributed by atoms with van der Waals surface area (Å²) in [6, 6.07) is 8.66. The number of piperidine rings is 1. The van der Waals surface area contributed by atoms with E-state index < -0.39 is 0 Å². The number of rotatable bonds is 3. The summed E-state index contributed by atoms with van der Waals surface area (Å²) < 4.78 is 5.27. The van der Waals surface area contributed by atoms with Crippen molar-refractivity contribution in [3.05, 3.63) is 29.3 Å². The maximum absolute atomic E-state index is 8.99. The molecule has 0 bridgehead atoms. The maximum Gasteiger partial charge on any atom is 0.136 e. The van der Waals surface area contributed by atoms with Crippen molar-refractivity contribution >= 4 is 0 Å². The zero-order valence-electron chi connectivity index (χ0n) is 12.0. The Morgan fingerprint density at radius 3 is 2.84 bits per heavy atom. The van der Waals surface area contributed by atoms with Crippen molar-refractivity contribution < 1.29 is 4.74 Å². The van der Waals surface area contributed by atoms with Crippen LogP contribution >= 0.6 is 0 Å². The molecular weight excluding hydrogens is 236 g/mol. The second-order valence-corrected chi connectivity index (χ2v) is 5.60. The van der Waals surface area contributed by atoms with E-state index in [-0.39, 0.29) is 0 Å². The molecule has 2 atom stereocenters. The van der Waals surface area contributed by atoms with Crippen LogP contribution in [0.15, 0.2) is 18.2 Å². The fourth-order valence-corrected chi connectivity index (χ4v) is 2.85. The van der Waals surface area contributed by atoms with Crippen LogP contribution in [0.2, 0.25) is 0 Å². The molecule has 2 rings (SSSR count). The molecule has 0 spiro atoms. The Hall–Kier alpha value is -1.53. The van der Waals surface area contributed by atoms with E-state index in [9.17, 15) is 0 Å². The van der Waals surface area contributed by atoms with Gasteiger partial charge in [0.2, 0.25) is 0 Å². The topological polar surface area (TPSA) is 36.3 Å². The molecule has 0 N–H and O–H groups in total. The first kappa shape index (κ1) is 13.9. The lowest BCUT2D eigenvalue weighted by Crippen LogP contribution is -2.39. The van der Waals surface area contributed by atoms with Gasteiger partial charge in [-0.1, -0.05) is 13.0 Å². The molecule has 1 aromatic rings. The third-order valence-corrected chi connectivity index (χ3v) is 4.05. The minimum Gasteiger partial charge on any atom is -0.495 e. The molecule has 1 heterocycles. The number of likely N-dealkylation sites (tertiary alicyclic amines) is 1. The number of benzene rings is 1. The van der Waals surface area contributed by atoms with Gasteiger partial charge in [-0.2, -0.15) is 5.26 Å². The van der Waals surface area contributed by atoms with Gasteiger partial charge in [-0.05, 0) is 49.9 Å². The van der Waals surface area contributed by atoms with Gasteiger partial charge in [0.25, 0.3) is 0 Å². The molecule has 1 aromatic carbocycles. The van der Waals surface area contributed by atoms with E-state index in [0.717, 1.165) is 19.0 Å². The summed E-state index contributed by atoms with van der Waals surface area (Å²) in [5.74, 6) is 1.51. The third-order valence-electron chi connectivity index (χ3n) is 4.05. The standard InChI is InChI=1S/C16H22N2O/c1-12-6-7-18(13(2)8-12)11-14-4-5-15(10-17)16(9-14)19-3/h4-5,9,12-13H,6-8,11H2,1-3H3. The van der Waals surface area contributed by atoms with E-state index in [1.807, 2.05) is 18.2 Å². The van der Waals surface area contributed by atoms with Gasteiger partial charge < -0.3 is 4.74 Å². The molecule has 1 aliphatic rings. The average Bonchev–Trinajstić information content (AvgIpc) is 2.41. The summed E-state index contributed by atoms with van der Waals surface area (Å²) in [5.41, 5.74) is 1.82. The van der Waals surface area contributed by atoms with Crippen LogP contribution in [0.1, 0.15) is 37.8 Å². The highest BCUT2D eigenvalue weighted by Crippen LogP contribution is 2.25. The van der Waals surface area contributed by atoms with Crippen LogP contribution in [0.5, 0.6) is 5.75 Å². The number of nitrogens with zero attached hydrogens (tertiary/aromatic N) is 2. The van der Waals surface area contributed by atoms with Crippen molar-refractivity contribution in [1.29, 1.82) is 5.26 Å². The molecule has 19 heavy (non-hydrogen) atoms. The zero-order valence-corrected chi connectivity index (χ0v) is 12.0. The van der Waals surface area contributed by atoms with Crippen LogP contribution in [0, 0.1) is 17.2 Å². The summed E-state index contributed by atoms with van der Waals surface area (Å²) in [6.45, 7) is 6.73. The van der Waals surface area contributed by atoms with Gasteiger partial charge in [0.05, 0.1) is 12.7 Å². The second-order valence-electron chi connectivity index (χ2n) is 5.60. The summed E-state index contributed by atoms with van der Waals surface area (Å²) in [7, 11) is 1.62. The molecule has 3 nitrogen and oxygen atoms in total. The van der Waals surface area contributed by atoms with Crippen LogP contribution in [0.3, 0.4) is 0 Å². The van der Waals surface area contributed by atoms with Gasteiger partial charge in [-0.3, -0.25) is 4.90 Å². The lowest BCUT2D eigenvalue weighted by molar-refractivity contribution is 0.122. The van der Waals surface area contributed by atoms with Gasteiger partial charge >= 0.3 is 0 Å². The minimum absolute atomic E-state index is 0.603. The predicted molar refractivity (Wildman–Crippen MR) is 76.0 cm³/mol. The minimum atomic E-state index is 0.603. The molecule has 0 aliphatic carbocycles. The molecule has 0 saturated carbocycles. The van der Waals surface area contributed by atoms with Gasteiger partial charge in [0.1, 0.15) is 11.8 Å². The van der Waals surface area contributed by atoms with Crippen molar-refractivity contribution in [2.24, 2.45) is 5.92 Å². The van der Waals surface area contributed by atoms with Crippen LogP contribution < -0.4 is 4.74 Å². The maximum atomic E-state index is 8.99. The molecule has 3 heteroatoms. The lowest BCUT2D eigenvalue weighted by atomic mass is 9.93. The SMILES string of the molecule is COc1cc(CN2CCC(C)CC2C)ccc1C#N. The summed E-state index contributed by atoms with van der Waals surface area (Å²) in [4.78, 5) is 2.51. The molecule has 2 unspecified atom stereocenters. The first-order valence-corrected chi connectivity index (χ1v) is 6.95. The zero-order chi connectivity index (χ0) is 13.8. The molecule has 102 valence electrons. The van der Waals surface area contributed by atoms with Crippen molar-refractivity contribution in [1.82, 2.24) is 4.90 Å². The monoisotopic (exact) mass is 258 g/mol. The van der Waals surface area contributed by atoms with Crippen LogP contribution in [0.25, 0.3) is 0 Å². The van der Waals surface area contributed by atoms with Crippen LogP contribution in [-0.4, -0.2) is 24.6 Å². The number of hydrogen-bond donors (Lipinski definition) is 0. The Kier molecular flexibility index (Phi) is 4.44. The Morgan fingerprint density at radius 1 is 1.42 bits per heavy atom. The summed E-state index contributed by atoms with van der Waals surface area (Å²) in [6.07, 6.45) is 2.55. The van der Waals surface area contributed by atoms with Crippen LogP contribution in [0.4, 0.5) is 0 Å². The Labute approximate surface area is 115 Å².